The van der Waals surface area contributed by atoms with E-state index in [0.29, 0.717) is 5.78 Å². The van der Waals surface area contributed by atoms with Gasteiger partial charge in [-0.25, -0.2) is 0 Å². The van der Waals surface area contributed by atoms with E-state index in [1.807, 2.05) is 6.07 Å². The fourth-order valence-corrected chi connectivity index (χ4v) is 3.51. The summed E-state index contributed by atoms with van der Waals surface area (Å²) in [6, 6.07) is 6.19. The molecule has 2 atom stereocenters. The first-order valence-corrected chi connectivity index (χ1v) is 6.66. The predicted molar refractivity (Wildman–Crippen MR) is 70.1 cm³/mol. The van der Waals surface area contributed by atoms with Gasteiger partial charge in [-0.05, 0) is 49.1 Å². The summed E-state index contributed by atoms with van der Waals surface area (Å²) in [7, 11) is 1.68. The van der Waals surface area contributed by atoms with Crippen molar-refractivity contribution in [1.29, 1.82) is 0 Å². The van der Waals surface area contributed by atoms with Crippen molar-refractivity contribution < 1.29 is 9.53 Å². The van der Waals surface area contributed by atoms with Gasteiger partial charge in [0.25, 0.3) is 0 Å². The Balaban J connectivity index is 2.19. The van der Waals surface area contributed by atoms with Crippen molar-refractivity contribution in [3.63, 3.8) is 0 Å². The van der Waals surface area contributed by atoms with Gasteiger partial charge >= 0.3 is 0 Å². The van der Waals surface area contributed by atoms with Crippen molar-refractivity contribution in [2.24, 2.45) is 0 Å². The lowest BCUT2D eigenvalue weighted by atomic mass is 9.62. The van der Waals surface area contributed by atoms with E-state index in [9.17, 15) is 4.79 Å². The van der Waals surface area contributed by atoms with Gasteiger partial charge in [-0.3, -0.25) is 4.79 Å². The molecular formula is C15H19NO2. The van der Waals surface area contributed by atoms with Gasteiger partial charge in [0.05, 0.1) is 18.6 Å². The molecule has 1 fully saturated rings. The molecule has 3 heteroatoms. The second-order valence-corrected chi connectivity index (χ2v) is 5.28. The second-order valence-electron chi connectivity index (χ2n) is 5.28. The van der Waals surface area contributed by atoms with Gasteiger partial charge < -0.3 is 10.1 Å². The number of carbonyl (C=O) groups excluding carboxylic acids is 1. The lowest BCUT2D eigenvalue weighted by Crippen LogP contribution is -2.59. The molecule has 0 saturated carbocycles. The molecular weight excluding hydrogens is 226 g/mol. The zero-order valence-electron chi connectivity index (χ0n) is 11.0. The van der Waals surface area contributed by atoms with Crippen molar-refractivity contribution in [1.82, 2.24) is 5.32 Å². The smallest absolute Gasteiger partial charge is 0.160 e. The number of nitrogens with one attached hydrogen (secondary N) is 1. The molecule has 2 unspecified atom stereocenters. The molecule has 1 heterocycles. The van der Waals surface area contributed by atoms with Gasteiger partial charge in [-0.1, -0.05) is 13.0 Å². The number of fused-ring (bicyclic) bond motifs is 4. The molecule has 18 heavy (non-hydrogen) atoms. The number of benzene rings is 1. The Kier molecular flexibility index (Phi) is 2.67. The van der Waals surface area contributed by atoms with Crippen LogP contribution in [0.5, 0.6) is 5.75 Å². The lowest BCUT2D eigenvalue weighted by molar-refractivity contribution is -0.129. The molecule has 0 spiro atoms. The predicted octanol–water partition coefficient (Wildman–Crippen LogP) is 1.83. The summed E-state index contributed by atoms with van der Waals surface area (Å²) in [4.78, 5) is 12.6. The Morgan fingerprint density at radius 2 is 2.33 bits per heavy atom. The van der Waals surface area contributed by atoms with Crippen LogP contribution in [-0.4, -0.2) is 25.5 Å². The number of carbonyl (C=O) groups is 1. The molecule has 1 saturated heterocycles. The van der Waals surface area contributed by atoms with Gasteiger partial charge in [-0.2, -0.15) is 0 Å². The number of Topliss-reactive ketones (excluding diaryl/α,β-unsaturated/α-hetero) is 1. The number of hydrogen-bond acceptors (Lipinski definition) is 3. The molecule has 0 amide bonds. The largest absolute Gasteiger partial charge is 0.497 e. The van der Waals surface area contributed by atoms with E-state index in [1.165, 1.54) is 11.1 Å². The van der Waals surface area contributed by atoms with Crippen LogP contribution in [0, 0.1) is 0 Å². The molecule has 3 nitrogen and oxygen atoms in total. The van der Waals surface area contributed by atoms with E-state index in [1.54, 1.807) is 7.11 Å². The monoisotopic (exact) mass is 245 g/mol. The number of ether oxygens (including phenoxy) is 1. The number of hydrogen-bond donors (Lipinski definition) is 1. The quantitative estimate of drug-likeness (QED) is 0.864. The van der Waals surface area contributed by atoms with E-state index >= 15 is 0 Å². The van der Waals surface area contributed by atoms with Crippen molar-refractivity contribution in [3.8, 4) is 5.75 Å². The Bertz CT molecular complexity index is 497. The Morgan fingerprint density at radius 3 is 3.06 bits per heavy atom. The number of piperidine rings is 1. The number of ketones is 1. The second kappa shape index (κ2) is 4.09. The minimum absolute atomic E-state index is 0.0135. The highest BCUT2D eigenvalue weighted by molar-refractivity contribution is 5.97. The summed E-state index contributed by atoms with van der Waals surface area (Å²) in [6.45, 7) is 3.05. The summed E-state index contributed by atoms with van der Waals surface area (Å²) in [5.74, 6) is 1.23. The first-order valence-electron chi connectivity index (χ1n) is 6.66. The summed E-state index contributed by atoms with van der Waals surface area (Å²) in [5.41, 5.74) is 2.22. The zero-order chi connectivity index (χ0) is 12.8. The molecule has 1 aliphatic carbocycles. The number of rotatable bonds is 2. The minimum Gasteiger partial charge on any atom is -0.497 e. The van der Waals surface area contributed by atoms with Crippen LogP contribution in [0.2, 0.25) is 0 Å². The summed E-state index contributed by atoms with van der Waals surface area (Å²) >= 11 is 0. The van der Waals surface area contributed by atoms with Gasteiger partial charge in [0.2, 0.25) is 0 Å². The van der Waals surface area contributed by atoms with E-state index < -0.39 is 0 Å². The normalized spacial score (nSPS) is 29.9. The van der Waals surface area contributed by atoms with Crippen molar-refractivity contribution in [3.05, 3.63) is 29.3 Å². The van der Waals surface area contributed by atoms with Crippen LogP contribution in [0.25, 0.3) is 0 Å². The van der Waals surface area contributed by atoms with Crippen LogP contribution in [-0.2, 0) is 16.6 Å². The highest BCUT2D eigenvalue weighted by Gasteiger charge is 2.49. The molecule has 0 radical (unpaired) electrons. The van der Waals surface area contributed by atoms with Gasteiger partial charge in [0, 0.05) is 0 Å². The van der Waals surface area contributed by atoms with Gasteiger partial charge in [0.1, 0.15) is 5.75 Å². The maximum atomic E-state index is 12.6. The van der Waals surface area contributed by atoms with E-state index in [-0.39, 0.29) is 11.5 Å². The molecule has 1 N–H and O–H groups in total. The molecule has 1 aliphatic heterocycles. The van der Waals surface area contributed by atoms with Crippen molar-refractivity contribution in [2.75, 3.05) is 13.7 Å². The summed E-state index contributed by atoms with van der Waals surface area (Å²) in [5, 5.41) is 3.35. The van der Waals surface area contributed by atoms with Crippen molar-refractivity contribution >= 4 is 5.78 Å². The molecule has 96 valence electrons. The highest BCUT2D eigenvalue weighted by atomic mass is 16.5. The van der Waals surface area contributed by atoms with Crippen LogP contribution in [0.3, 0.4) is 0 Å². The molecule has 2 bridgehead atoms. The fraction of sp³-hybridized carbons (Fsp3) is 0.533. The first kappa shape index (κ1) is 11.7. The van der Waals surface area contributed by atoms with Crippen LogP contribution in [0.1, 0.15) is 30.9 Å². The van der Waals surface area contributed by atoms with Gasteiger partial charge in [-0.15, -0.1) is 0 Å². The maximum Gasteiger partial charge on any atom is 0.160 e. The molecule has 0 aromatic heterocycles. The molecule has 2 aliphatic rings. The van der Waals surface area contributed by atoms with Crippen LogP contribution < -0.4 is 10.1 Å². The zero-order valence-corrected chi connectivity index (χ0v) is 11.0. The molecule has 1 aromatic carbocycles. The summed E-state index contributed by atoms with van der Waals surface area (Å²) in [6.07, 6.45) is 2.60. The maximum absolute atomic E-state index is 12.6. The number of methoxy groups -OCH3 is 1. The fourth-order valence-electron chi connectivity index (χ4n) is 3.51. The minimum atomic E-state index is -0.280. The van der Waals surface area contributed by atoms with E-state index in [4.69, 9.17) is 4.74 Å². The first-order chi connectivity index (χ1) is 8.71. The topological polar surface area (TPSA) is 38.3 Å². The standard InChI is InChI=1S/C15H19NO2/c1-3-15-6-7-16-13(14(15)17)8-10-4-5-11(18-2)9-12(10)15/h4-5,9,13,16H,3,6-8H2,1-2H3. The Hall–Kier alpha value is -1.35. The average Bonchev–Trinajstić information content (AvgIpc) is 2.39. The van der Waals surface area contributed by atoms with Crippen LogP contribution >= 0.6 is 0 Å². The molecule has 3 rings (SSSR count). The lowest BCUT2D eigenvalue weighted by Gasteiger charge is -2.45. The third-order valence-electron chi connectivity index (χ3n) is 4.59. The SMILES string of the molecule is CCC12CCNC(Cc3ccc(OC)cc31)C2=O. The average molecular weight is 245 g/mol. The van der Waals surface area contributed by atoms with Crippen LogP contribution in [0.4, 0.5) is 0 Å². The Morgan fingerprint density at radius 1 is 1.50 bits per heavy atom. The van der Waals surface area contributed by atoms with E-state index in [0.717, 1.165) is 31.6 Å². The van der Waals surface area contributed by atoms with Crippen molar-refractivity contribution in [2.45, 2.75) is 37.6 Å². The summed E-state index contributed by atoms with van der Waals surface area (Å²) < 4.78 is 5.32. The third kappa shape index (κ3) is 1.43. The third-order valence-corrected chi connectivity index (χ3v) is 4.59. The highest BCUT2D eigenvalue weighted by Crippen LogP contribution is 2.43. The van der Waals surface area contributed by atoms with E-state index in [2.05, 4.69) is 24.4 Å². The Labute approximate surface area is 108 Å². The molecule has 1 aromatic rings. The van der Waals surface area contributed by atoms with Crippen LogP contribution in [0.15, 0.2) is 18.2 Å². The van der Waals surface area contributed by atoms with Gasteiger partial charge in [0.15, 0.2) is 5.78 Å².